The number of rotatable bonds is 3. The quantitative estimate of drug-likeness (QED) is 0.556. The minimum atomic E-state index is 0.755. The molecule has 0 saturated carbocycles. The van der Waals surface area contributed by atoms with Gasteiger partial charge >= 0.3 is 0 Å². The minimum absolute atomic E-state index is 0.755. The molecule has 0 aliphatic heterocycles. The molecule has 1 heterocycles. The van der Waals surface area contributed by atoms with Crippen LogP contribution in [0.15, 0.2) is 29.4 Å². The van der Waals surface area contributed by atoms with Crippen LogP contribution >= 0.6 is 0 Å². The van der Waals surface area contributed by atoms with Crippen LogP contribution in [0.3, 0.4) is 0 Å². The molecule has 13 heavy (non-hydrogen) atoms. The molecule has 0 radical (unpaired) electrons. The molecule has 0 spiro atoms. The zero-order valence-corrected chi connectivity index (χ0v) is 7.91. The smallest absolute Gasteiger partial charge is 0.156 e. The van der Waals surface area contributed by atoms with Crippen molar-refractivity contribution in [2.24, 2.45) is 4.99 Å². The normalized spacial score (nSPS) is 12.3. The van der Waals surface area contributed by atoms with Gasteiger partial charge in [-0.1, -0.05) is 12.2 Å². The summed E-state index contributed by atoms with van der Waals surface area (Å²) < 4.78 is 0. The van der Waals surface area contributed by atoms with Gasteiger partial charge in [0.05, 0.1) is 5.69 Å². The summed E-state index contributed by atoms with van der Waals surface area (Å²) in [5.74, 6) is 0.755. The van der Waals surface area contributed by atoms with Crippen molar-refractivity contribution >= 4 is 12.4 Å². The van der Waals surface area contributed by atoms with E-state index in [0.717, 1.165) is 17.2 Å². The Bertz CT molecular complexity index is 345. The molecule has 1 N–H and O–H groups in total. The average Bonchev–Trinajstić information content (AvgIpc) is 2.54. The molecule has 3 nitrogen and oxygen atoms in total. The number of H-pyrrole nitrogens is 1. The van der Waals surface area contributed by atoms with Gasteiger partial charge in [-0.05, 0) is 26.6 Å². The molecule has 0 aromatic carbocycles. The number of nitrogens with zero attached hydrogens (tertiary/aromatic N) is 2. The fourth-order valence-electron chi connectivity index (χ4n) is 0.939. The number of nitrogens with one attached hydrogen (secondary N) is 1. The number of aryl methyl sites for hydroxylation is 1. The number of hydrogen-bond acceptors (Lipinski definition) is 2. The third kappa shape index (κ3) is 2.40. The van der Waals surface area contributed by atoms with E-state index in [1.807, 2.05) is 38.3 Å². The molecule has 1 aromatic rings. The summed E-state index contributed by atoms with van der Waals surface area (Å²) in [6.07, 6.45) is 7.54. The highest BCUT2D eigenvalue weighted by Gasteiger charge is 2.00. The van der Waals surface area contributed by atoms with E-state index in [4.69, 9.17) is 0 Å². The summed E-state index contributed by atoms with van der Waals surface area (Å²) in [4.78, 5) is 11.1. The molecular weight excluding hydrogens is 162 g/mol. The van der Waals surface area contributed by atoms with Crippen molar-refractivity contribution in [2.75, 3.05) is 0 Å². The Morgan fingerprint density at radius 1 is 1.69 bits per heavy atom. The minimum Gasteiger partial charge on any atom is -0.343 e. The van der Waals surface area contributed by atoms with Crippen LogP contribution in [0.2, 0.25) is 0 Å². The number of aromatic amines is 1. The van der Waals surface area contributed by atoms with E-state index in [1.165, 1.54) is 0 Å². The lowest BCUT2D eigenvalue weighted by atomic mass is 10.3. The second-order valence-electron chi connectivity index (χ2n) is 2.63. The van der Waals surface area contributed by atoms with E-state index in [9.17, 15) is 0 Å². The molecule has 0 amide bonds. The van der Waals surface area contributed by atoms with Crippen molar-refractivity contribution in [1.29, 1.82) is 0 Å². The van der Waals surface area contributed by atoms with Crippen LogP contribution < -0.4 is 0 Å². The monoisotopic (exact) mass is 175 g/mol. The molecule has 0 fully saturated rings. The first-order valence-corrected chi connectivity index (χ1v) is 4.10. The van der Waals surface area contributed by atoms with Gasteiger partial charge in [-0.25, -0.2) is 4.98 Å². The highest BCUT2D eigenvalue weighted by molar-refractivity contribution is 5.64. The number of aromatic nitrogens is 2. The molecule has 0 bridgehead atoms. The lowest BCUT2D eigenvalue weighted by Gasteiger charge is -1.92. The van der Waals surface area contributed by atoms with Crippen LogP contribution in [0.1, 0.15) is 18.4 Å². The molecule has 0 atom stereocenters. The standard InChI is InChI=1S/C10H13N3/c1-4-5-6-9(11-3)10-12-7-8(2)13-10/h4-7H,3H2,1-2H3,(H,12,13)/b5-4-,9-6-. The molecule has 1 rings (SSSR count). The Morgan fingerprint density at radius 3 is 2.92 bits per heavy atom. The number of aliphatic imine (C=N–C) groups is 1. The molecular formula is C10H13N3. The average molecular weight is 175 g/mol. The fourth-order valence-corrected chi connectivity index (χ4v) is 0.939. The van der Waals surface area contributed by atoms with E-state index < -0.39 is 0 Å². The van der Waals surface area contributed by atoms with E-state index in [0.29, 0.717) is 0 Å². The van der Waals surface area contributed by atoms with Crippen molar-refractivity contribution in [3.63, 3.8) is 0 Å². The van der Waals surface area contributed by atoms with E-state index in [2.05, 4.69) is 21.7 Å². The van der Waals surface area contributed by atoms with Crippen molar-refractivity contribution < 1.29 is 0 Å². The maximum Gasteiger partial charge on any atom is 0.156 e. The Kier molecular flexibility index (Phi) is 3.20. The van der Waals surface area contributed by atoms with E-state index >= 15 is 0 Å². The lowest BCUT2D eigenvalue weighted by Crippen LogP contribution is -1.83. The first kappa shape index (κ1) is 9.45. The summed E-state index contributed by atoms with van der Waals surface area (Å²) in [5, 5.41) is 0. The van der Waals surface area contributed by atoms with Crippen LogP contribution in [-0.2, 0) is 0 Å². The molecule has 0 unspecified atom stereocenters. The van der Waals surface area contributed by atoms with Crippen molar-refractivity contribution in [3.05, 3.63) is 35.9 Å². The highest BCUT2D eigenvalue weighted by Crippen LogP contribution is 2.10. The predicted molar refractivity (Wildman–Crippen MR) is 55.7 cm³/mol. The molecule has 0 aliphatic rings. The van der Waals surface area contributed by atoms with Crippen LogP contribution in [0.25, 0.3) is 5.70 Å². The molecule has 0 saturated heterocycles. The van der Waals surface area contributed by atoms with Crippen molar-refractivity contribution in [1.82, 2.24) is 9.97 Å². The Balaban J connectivity index is 2.96. The van der Waals surface area contributed by atoms with E-state index in [-0.39, 0.29) is 0 Å². The van der Waals surface area contributed by atoms with Gasteiger partial charge in [-0.15, -0.1) is 0 Å². The van der Waals surface area contributed by atoms with Gasteiger partial charge in [0.25, 0.3) is 0 Å². The second kappa shape index (κ2) is 4.40. The predicted octanol–water partition coefficient (Wildman–Crippen LogP) is 2.34. The van der Waals surface area contributed by atoms with Crippen molar-refractivity contribution in [3.8, 4) is 0 Å². The molecule has 3 heteroatoms. The summed E-state index contributed by atoms with van der Waals surface area (Å²) in [6, 6.07) is 0. The van der Waals surface area contributed by atoms with Gasteiger partial charge in [0.1, 0.15) is 5.70 Å². The van der Waals surface area contributed by atoms with Gasteiger partial charge < -0.3 is 4.98 Å². The van der Waals surface area contributed by atoms with Crippen LogP contribution in [0.5, 0.6) is 0 Å². The van der Waals surface area contributed by atoms with Gasteiger partial charge in [0.15, 0.2) is 5.82 Å². The Labute approximate surface area is 77.9 Å². The zero-order chi connectivity index (χ0) is 9.68. The van der Waals surface area contributed by atoms with Crippen molar-refractivity contribution in [2.45, 2.75) is 13.8 Å². The van der Waals surface area contributed by atoms with Gasteiger partial charge in [0, 0.05) is 6.20 Å². The van der Waals surface area contributed by atoms with Crippen LogP contribution in [0, 0.1) is 6.92 Å². The van der Waals surface area contributed by atoms with Crippen LogP contribution in [-0.4, -0.2) is 16.7 Å². The second-order valence-corrected chi connectivity index (χ2v) is 2.63. The third-order valence-corrected chi connectivity index (χ3v) is 1.57. The summed E-state index contributed by atoms with van der Waals surface area (Å²) in [5.41, 5.74) is 1.70. The number of hydrogen-bond donors (Lipinski definition) is 1. The summed E-state index contributed by atoms with van der Waals surface area (Å²) in [7, 11) is 0. The molecule has 1 aromatic heterocycles. The number of allylic oxidation sites excluding steroid dienone is 3. The summed E-state index contributed by atoms with van der Waals surface area (Å²) >= 11 is 0. The topological polar surface area (TPSA) is 41.0 Å². The van der Waals surface area contributed by atoms with Gasteiger partial charge in [-0.2, -0.15) is 0 Å². The Hall–Kier alpha value is -1.64. The fraction of sp³-hybridized carbons (Fsp3) is 0.200. The Morgan fingerprint density at radius 2 is 2.46 bits per heavy atom. The molecule has 0 aliphatic carbocycles. The van der Waals surface area contributed by atoms with Crippen LogP contribution in [0.4, 0.5) is 0 Å². The largest absolute Gasteiger partial charge is 0.343 e. The lowest BCUT2D eigenvalue weighted by molar-refractivity contribution is 1.19. The summed E-state index contributed by atoms with van der Waals surface area (Å²) in [6.45, 7) is 7.36. The zero-order valence-electron chi connectivity index (χ0n) is 7.91. The third-order valence-electron chi connectivity index (χ3n) is 1.57. The van der Waals surface area contributed by atoms with E-state index in [1.54, 1.807) is 0 Å². The highest BCUT2D eigenvalue weighted by atomic mass is 15.0. The first-order valence-electron chi connectivity index (χ1n) is 4.10. The first-order chi connectivity index (χ1) is 6.27. The maximum atomic E-state index is 4.24. The van der Waals surface area contributed by atoms with Gasteiger partial charge in [0.2, 0.25) is 0 Å². The SMILES string of the molecule is C=N/C(=C\C=C/C)c1nc(C)c[nH]1. The molecule has 68 valence electrons. The van der Waals surface area contributed by atoms with Gasteiger partial charge in [-0.3, -0.25) is 4.99 Å². The number of imidazole rings is 1. The maximum absolute atomic E-state index is 4.24.